The fourth-order valence-electron chi connectivity index (χ4n) is 2.72. The van der Waals surface area contributed by atoms with Gasteiger partial charge in [0.1, 0.15) is 6.10 Å². The van der Waals surface area contributed by atoms with E-state index in [1.54, 1.807) is 6.42 Å². The average Bonchev–Trinajstić information content (AvgIpc) is 2.66. The molecule has 1 fully saturated rings. The Balaban J connectivity index is 1.95. The summed E-state index contributed by atoms with van der Waals surface area (Å²) in [7, 11) is 0. The lowest BCUT2D eigenvalue weighted by Crippen LogP contribution is -2.17. The van der Waals surface area contributed by atoms with E-state index in [0.717, 1.165) is 25.7 Å². The third kappa shape index (κ3) is 9.07. The molecule has 0 heterocycles. The molecule has 0 aliphatic heterocycles. The number of ether oxygens (including phenoxy) is 1. The summed E-state index contributed by atoms with van der Waals surface area (Å²) < 4.78 is 5.52. The van der Waals surface area contributed by atoms with Crippen molar-refractivity contribution in [2.75, 3.05) is 0 Å². The smallest absolute Gasteiger partial charge is 0.310 e. The Labute approximate surface area is 119 Å². The van der Waals surface area contributed by atoms with Gasteiger partial charge in [0.25, 0.3) is 0 Å². The Morgan fingerprint density at radius 2 is 1.63 bits per heavy atom. The predicted octanol–water partition coefficient (Wildman–Crippen LogP) is 5.21. The van der Waals surface area contributed by atoms with Crippen LogP contribution >= 0.6 is 0 Å². The maximum Gasteiger partial charge on any atom is 0.310 e. The molecule has 1 radical (unpaired) electrons. The van der Waals surface area contributed by atoms with E-state index < -0.39 is 0 Å². The first kappa shape index (κ1) is 16.5. The molecule has 2 nitrogen and oxygen atoms in total. The van der Waals surface area contributed by atoms with Gasteiger partial charge in [-0.15, -0.1) is 0 Å². The molecule has 1 rings (SSSR count). The van der Waals surface area contributed by atoms with Crippen LogP contribution in [-0.4, -0.2) is 12.1 Å². The predicted molar refractivity (Wildman–Crippen MR) is 79.9 cm³/mol. The van der Waals surface area contributed by atoms with Crippen LogP contribution in [0.5, 0.6) is 0 Å². The Morgan fingerprint density at radius 3 is 2.32 bits per heavy atom. The highest BCUT2D eigenvalue weighted by Crippen LogP contribution is 2.20. The van der Waals surface area contributed by atoms with E-state index in [1.165, 1.54) is 57.8 Å². The molecule has 1 aliphatic carbocycles. The zero-order valence-electron chi connectivity index (χ0n) is 12.7. The van der Waals surface area contributed by atoms with E-state index in [9.17, 15) is 4.79 Å². The quantitative estimate of drug-likeness (QED) is 0.326. The summed E-state index contributed by atoms with van der Waals surface area (Å²) in [6.45, 7) is 2.23. The van der Waals surface area contributed by atoms with Crippen LogP contribution in [0.2, 0.25) is 0 Å². The van der Waals surface area contributed by atoms with Gasteiger partial charge >= 0.3 is 5.97 Å². The first-order valence-electron chi connectivity index (χ1n) is 8.36. The Kier molecular flexibility index (Phi) is 9.84. The van der Waals surface area contributed by atoms with E-state index in [0.29, 0.717) is 0 Å². The molecule has 0 unspecified atom stereocenters. The number of unbranched alkanes of at least 4 members (excludes halogenated alkanes) is 6. The molecule has 0 spiro atoms. The van der Waals surface area contributed by atoms with Crippen LogP contribution in [0.4, 0.5) is 0 Å². The van der Waals surface area contributed by atoms with Gasteiger partial charge in [-0.25, -0.2) is 0 Å². The van der Waals surface area contributed by atoms with Crippen molar-refractivity contribution in [3.63, 3.8) is 0 Å². The Hall–Kier alpha value is -0.530. The van der Waals surface area contributed by atoms with Crippen molar-refractivity contribution >= 4 is 5.97 Å². The summed E-state index contributed by atoms with van der Waals surface area (Å²) in [4.78, 5) is 11.7. The molecule has 1 saturated carbocycles. The van der Waals surface area contributed by atoms with Gasteiger partial charge in [-0.2, -0.15) is 0 Å². The van der Waals surface area contributed by atoms with Crippen LogP contribution in [0.15, 0.2) is 0 Å². The van der Waals surface area contributed by atoms with Crippen LogP contribution in [0.3, 0.4) is 0 Å². The highest BCUT2D eigenvalue weighted by molar-refractivity contribution is 5.78. The second kappa shape index (κ2) is 11.3. The first-order valence-corrected chi connectivity index (χ1v) is 8.36. The summed E-state index contributed by atoms with van der Waals surface area (Å²) in [5.74, 6) is -0.0829. The number of hydrogen-bond acceptors (Lipinski definition) is 2. The number of carbonyl (C=O) groups excluding carboxylic acids is 1. The number of hydrogen-bond donors (Lipinski definition) is 0. The lowest BCUT2D eigenvalue weighted by atomic mass is 10.1. The third-order valence-corrected chi connectivity index (χ3v) is 3.95. The molecule has 0 amide bonds. The minimum absolute atomic E-state index is 0.0829. The summed E-state index contributed by atoms with van der Waals surface area (Å²) in [5, 5.41) is 0. The lowest BCUT2D eigenvalue weighted by molar-refractivity contribution is -0.145. The second-order valence-corrected chi connectivity index (χ2v) is 5.81. The van der Waals surface area contributed by atoms with E-state index in [-0.39, 0.29) is 12.1 Å². The average molecular weight is 267 g/mol. The number of esters is 1. The van der Waals surface area contributed by atoms with Crippen molar-refractivity contribution in [2.45, 2.75) is 96.5 Å². The number of rotatable bonds is 9. The molecule has 1 aliphatic rings. The zero-order valence-corrected chi connectivity index (χ0v) is 12.7. The molecule has 0 N–H and O–H groups in total. The molecular formula is C17H31O2. The molecule has 0 aromatic heterocycles. The highest BCUT2D eigenvalue weighted by Gasteiger charge is 2.16. The largest absolute Gasteiger partial charge is 0.462 e. The van der Waals surface area contributed by atoms with Crippen molar-refractivity contribution in [3.8, 4) is 0 Å². The molecular weight excluding hydrogens is 236 g/mol. The van der Waals surface area contributed by atoms with Crippen molar-refractivity contribution < 1.29 is 9.53 Å². The van der Waals surface area contributed by atoms with Gasteiger partial charge in [0.05, 0.1) is 6.42 Å². The maximum atomic E-state index is 11.7. The fourth-order valence-corrected chi connectivity index (χ4v) is 2.72. The SMILES string of the molecule is CCCCCCCC[CH]C(=O)OC1CCCCCC1. The van der Waals surface area contributed by atoms with Crippen LogP contribution in [0, 0.1) is 6.42 Å². The van der Waals surface area contributed by atoms with E-state index in [4.69, 9.17) is 4.74 Å². The fraction of sp³-hybridized carbons (Fsp3) is 0.882. The van der Waals surface area contributed by atoms with Crippen molar-refractivity contribution in [3.05, 3.63) is 6.42 Å². The normalized spacial score (nSPS) is 17.1. The highest BCUT2D eigenvalue weighted by atomic mass is 16.5. The molecule has 0 atom stereocenters. The molecule has 0 bridgehead atoms. The zero-order chi connectivity index (χ0) is 13.8. The third-order valence-electron chi connectivity index (χ3n) is 3.95. The first-order chi connectivity index (χ1) is 9.33. The van der Waals surface area contributed by atoms with Gasteiger partial charge in [0.2, 0.25) is 0 Å². The summed E-state index contributed by atoms with van der Waals surface area (Å²) in [6.07, 6.45) is 17.6. The van der Waals surface area contributed by atoms with Gasteiger partial charge in [-0.05, 0) is 32.1 Å². The molecule has 2 heteroatoms. The molecule has 0 aromatic rings. The van der Waals surface area contributed by atoms with Crippen LogP contribution in [-0.2, 0) is 9.53 Å². The van der Waals surface area contributed by atoms with Gasteiger partial charge < -0.3 is 4.74 Å². The van der Waals surface area contributed by atoms with Crippen LogP contribution in [0.25, 0.3) is 0 Å². The minimum Gasteiger partial charge on any atom is -0.462 e. The monoisotopic (exact) mass is 267 g/mol. The van der Waals surface area contributed by atoms with Crippen LogP contribution in [0.1, 0.15) is 90.4 Å². The number of carbonyl (C=O) groups is 1. The van der Waals surface area contributed by atoms with Gasteiger partial charge in [-0.1, -0.05) is 58.3 Å². The van der Waals surface area contributed by atoms with Gasteiger partial charge in [0, 0.05) is 0 Å². The summed E-state index contributed by atoms with van der Waals surface area (Å²) in [6, 6.07) is 0. The summed E-state index contributed by atoms with van der Waals surface area (Å²) >= 11 is 0. The molecule has 0 saturated heterocycles. The van der Waals surface area contributed by atoms with E-state index in [1.807, 2.05) is 0 Å². The Morgan fingerprint density at radius 1 is 1.00 bits per heavy atom. The lowest BCUT2D eigenvalue weighted by Gasteiger charge is -2.15. The molecule has 0 aromatic carbocycles. The standard InChI is InChI=1S/C17H31O2/c1-2-3-4-5-6-7-12-15-17(18)19-16-13-10-8-9-11-14-16/h15-16H,2-14H2,1H3. The second-order valence-electron chi connectivity index (χ2n) is 5.81. The van der Waals surface area contributed by atoms with Crippen LogP contribution < -0.4 is 0 Å². The van der Waals surface area contributed by atoms with Crippen molar-refractivity contribution in [1.29, 1.82) is 0 Å². The molecule has 19 heavy (non-hydrogen) atoms. The van der Waals surface area contributed by atoms with Crippen molar-refractivity contribution in [1.82, 2.24) is 0 Å². The van der Waals surface area contributed by atoms with Gasteiger partial charge in [-0.3, -0.25) is 4.79 Å². The van der Waals surface area contributed by atoms with Gasteiger partial charge in [0.15, 0.2) is 0 Å². The van der Waals surface area contributed by atoms with E-state index >= 15 is 0 Å². The topological polar surface area (TPSA) is 26.3 Å². The summed E-state index contributed by atoms with van der Waals surface area (Å²) in [5.41, 5.74) is 0. The Bertz CT molecular complexity index is 217. The van der Waals surface area contributed by atoms with E-state index in [2.05, 4.69) is 6.92 Å². The molecule has 111 valence electrons. The van der Waals surface area contributed by atoms with Crippen molar-refractivity contribution in [2.24, 2.45) is 0 Å². The minimum atomic E-state index is -0.0829. The maximum absolute atomic E-state index is 11.7.